The first-order chi connectivity index (χ1) is 5.77. The number of ether oxygens (including phenoxy) is 1. The average molecular weight is 183 g/mol. The lowest BCUT2D eigenvalue weighted by molar-refractivity contribution is 0.177. The van der Waals surface area contributed by atoms with Crippen molar-refractivity contribution >= 4 is 17.4 Å². The molecule has 3 nitrogen and oxygen atoms in total. The second kappa shape index (κ2) is 2.79. The summed E-state index contributed by atoms with van der Waals surface area (Å²) < 4.78 is 4.80. The number of hydrogen-bond acceptors (Lipinski definition) is 3. The maximum Gasteiger partial charge on any atom is 0.407 e. The molecule has 0 aliphatic carbocycles. The van der Waals surface area contributed by atoms with E-state index in [4.69, 9.17) is 4.74 Å². The third kappa shape index (κ3) is 1.18. The predicted molar refractivity (Wildman–Crippen MR) is 46.3 cm³/mol. The Bertz CT molecular complexity index is 308. The molecular weight excluding hydrogens is 174 g/mol. The Morgan fingerprint density at radius 1 is 1.67 bits per heavy atom. The molecule has 1 atom stereocenters. The number of hydrogen-bond donors (Lipinski definition) is 1. The van der Waals surface area contributed by atoms with Crippen LogP contribution in [0, 0.1) is 6.92 Å². The minimum Gasteiger partial charge on any atom is -0.447 e. The van der Waals surface area contributed by atoms with E-state index in [1.807, 2.05) is 6.92 Å². The van der Waals surface area contributed by atoms with Crippen molar-refractivity contribution in [3.05, 3.63) is 21.9 Å². The maximum absolute atomic E-state index is 10.7. The highest BCUT2D eigenvalue weighted by molar-refractivity contribution is 7.08. The summed E-state index contributed by atoms with van der Waals surface area (Å²) in [4.78, 5) is 10.7. The number of thiophene rings is 1. The smallest absolute Gasteiger partial charge is 0.407 e. The van der Waals surface area contributed by atoms with Crippen LogP contribution in [-0.4, -0.2) is 12.7 Å². The van der Waals surface area contributed by atoms with Crippen LogP contribution in [0.25, 0.3) is 0 Å². The molecule has 2 rings (SSSR count). The first kappa shape index (κ1) is 7.61. The third-order valence-corrected chi connectivity index (χ3v) is 2.82. The molecule has 0 radical (unpaired) electrons. The van der Waals surface area contributed by atoms with Gasteiger partial charge in [-0.25, -0.2) is 4.79 Å². The normalized spacial score (nSPS) is 22.1. The van der Waals surface area contributed by atoms with Gasteiger partial charge in [0, 0.05) is 0 Å². The zero-order valence-electron chi connectivity index (χ0n) is 6.66. The Kier molecular flexibility index (Phi) is 1.77. The van der Waals surface area contributed by atoms with Gasteiger partial charge >= 0.3 is 6.09 Å². The molecule has 4 heteroatoms. The number of aryl methyl sites for hydroxylation is 1. The number of carbonyl (C=O) groups is 1. The summed E-state index contributed by atoms with van der Waals surface area (Å²) in [6.07, 6.45) is -0.314. The zero-order valence-corrected chi connectivity index (χ0v) is 7.48. The molecule has 0 aromatic carbocycles. The Balaban J connectivity index is 2.21. The lowest BCUT2D eigenvalue weighted by Crippen LogP contribution is -2.18. The number of cyclic esters (lactones) is 1. The van der Waals surface area contributed by atoms with E-state index in [1.165, 1.54) is 11.1 Å². The molecule has 1 N–H and O–H groups in total. The standard InChI is InChI=1S/C8H9NO2S/c1-5-3-12-4-6(5)7-2-11-8(10)9-7/h3-4,7H,2H2,1H3,(H,9,10). The molecule has 0 bridgehead atoms. The fraction of sp³-hybridized carbons (Fsp3) is 0.375. The maximum atomic E-state index is 10.7. The number of rotatable bonds is 1. The van der Waals surface area contributed by atoms with Crippen LogP contribution >= 0.6 is 11.3 Å². The molecule has 2 heterocycles. The van der Waals surface area contributed by atoms with Gasteiger partial charge in [-0.3, -0.25) is 0 Å². The molecule has 1 aliphatic heterocycles. The number of alkyl carbamates (subject to hydrolysis) is 1. The Labute approximate surface area is 74.4 Å². The Morgan fingerprint density at radius 2 is 2.50 bits per heavy atom. The monoisotopic (exact) mass is 183 g/mol. The molecule has 1 fully saturated rings. The van der Waals surface area contributed by atoms with Gasteiger partial charge in [-0.15, -0.1) is 0 Å². The topological polar surface area (TPSA) is 38.3 Å². The van der Waals surface area contributed by atoms with Crippen molar-refractivity contribution in [1.29, 1.82) is 0 Å². The summed E-state index contributed by atoms with van der Waals surface area (Å²) in [5, 5.41) is 6.86. The van der Waals surface area contributed by atoms with Crippen molar-refractivity contribution in [3.8, 4) is 0 Å². The van der Waals surface area contributed by atoms with Crippen molar-refractivity contribution in [2.45, 2.75) is 13.0 Å². The fourth-order valence-electron chi connectivity index (χ4n) is 1.28. The second-order valence-corrected chi connectivity index (χ2v) is 3.55. The molecular formula is C8H9NO2S. The van der Waals surface area contributed by atoms with Gasteiger partial charge in [0.05, 0.1) is 6.04 Å². The lowest BCUT2D eigenvalue weighted by atomic mass is 10.1. The molecule has 0 spiro atoms. The van der Waals surface area contributed by atoms with E-state index in [1.54, 1.807) is 11.3 Å². The van der Waals surface area contributed by atoms with Crippen molar-refractivity contribution < 1.29 is 9.53 Å². The number of carbonyl (C=O) groups excluding carboxylic acids is 1. The van der Waals surface area contributed by atoms with Crippen LogP contribution in [0.5, 0.6) is 0 Å². The summed E-state index contributed by atoms with van der Waals surface area (Å²) in [6.45, 7) is 2.49. The molecule has 1 unspecified atom stereocenters. The summed E-state index contributed by atoms with van der Waals surface area (Å²) in [5.74, 6) is 0. The van der Waals surface area contributed by atoms with Crippen LogP contribution in [0.4, 0.5) is 4.79 Å². The van der Waals surface area contributed by atoms with E-state index in [9.17, 15) is 4.79 Å². The highest BCUT2D eigenvalue weighted by Crippen LogP contribution is 2.24. The summed E-state index contributed by atoms with van der Waals surface area (Å²) in [6, 6.07) is 0.0590. The van der Waals surface area contributed by atoms with E-state index in [0.29, 0.717) is 6.61 Å². The van der Waals surface area contributed by atoms with E-state index in [2.05, 4.69) is 16.1 Å². The molecule has 1 amide bonds. The average Bonchev–Trinajstić information content (AvgIpc) is 2.58. The largest absolute Gasteiger partial charge is 0.447 e. The van der Waals surface area contributed by atoms with E-state index in [-0.39, 0.29) is 12.1 Å². The van der Waals surface area contributed by atoms with Gasteiger partial charge in [-0.05, 0) is 28.8 Å². The fourth-order valence-corrected chi connectivity index (χ4v) is 2.18. The quantitative estimate of drug-likeness (QED) is 0.721. The Morgan fingerprint density at radius 3 is 3.00 bits per heavy atom. The van der Waals surface area contributed by atoms with Gasteiger partial charge in [0.1, 0.15) is 6.61 Å². The number of nitrogens with one attached hydrogen (secondary N) is 1. The minimum absolute atomic E-state index is 0.0590. The van der Waals surface area contributed by atoms with Gasteiger partial charge in [-0.1, -0.05) is 0 Å². The molecule has 64 valence electrons. The summed E-state index contributed by atoms with van der Waals surface area (Å²) in [7, 11) is 0. The van der Waals surface area contributed by atoms with Crippen LogP contribution in [-0.2, 0) is 4.74 Å². The van der Waals surface area contributed by atoms with Gasteiger partial charge < -0.3 is 10.1 Å². The SMILES string of the molecule is Cc1cscc1C1COC(=O)N1. The van der Waals surface area contributed by atoms with Crippen LogP contribution in [0.3, 0.4) is 0 Å². The van der Waals surface area contributed by atoms with Crippen molar-refractivity contribution in [3.63, 3.8) is 0 Å². The molecule has 12 heavy (non-hydrogen) atoms. The molecule has 0 saturated carbocycles. The second-order valence-electron chi connectivity index (χ2n) is 2.81. The van der Waals surface area contributed by atoms with Crippen LogP contribution in [0.1, 0.15) is 17.2 Å². The molecule has 1 aliphatic rings. The third-order valence-electron chi connectivity index (χ3n) is 1.94. The molecule has 1 aromatic heterocycles. The van der Waals surface area contributed by atoms with Gasteiger partial charge in [0.25, 0.3) is 0 Å². The van der Waals surface area contributed by atoms with Crippen molar-refractivity contribution in [1.82, 2.24) is 5.32 Å². The van der Waals surface area contributed by atoms with Gasteiger partial charge in [0.2, 0.25) is 0 Å². The summed E-state index contributed by atoms with van der Waals surface area (Å²) >= 11 is 1.65. The first-order valence-electron chi connectivity index (χ1n) is 3.73. The summed E-state index contributed by atoms with van der Waals surface area (Å²) in [5.41, 5.74) is 2.39. The van der Waals surface area contributed by atoms with Crippen LogP contribution < -0.4 is 5.32 Å². The first-order valence-corrected chi connectivity index (χ1v) is 4.67. The van der Waals surface area contributed by atoms with Crippen molar-refractivity contribution in [2.75, 3.05) is 6.61 Å². The van der Waals surface area contributed by atoms with Crippen molar-refractivity contribution in [2.24, 2.45) is 0 Å². The van der Waals surface area contributed by atoms with Gasteiger partial charge in [-0.2, -0.15) is 11.3 Å². The minimum atomic E-state index is -0.314. The lowest BCUT2D eigenvalue weighted by Gasteiger charge is -2.05. The van der Waals surface area contributed by atoms with Crippen LogP contribution in [0.2, 0.25) is 0 Å². The van der Waals surface area contributed by atoms with E-state index in [0.717, 1.165) is 0 Å². The predicted octanol–water partition coefficient (Wildman–Crippen LogP) is 1.84. The Hall–Kier alpha value is -1.03. The van der Waals surface area contributed by atoms with Crippen LogP contribution in [0.15, 0.2) is 10.8 Å². The zero-order chi connectivity index (χ0) is 8.55. The number of amides is 1. The molecule has 1 saturated heterocycles. The van der Waals surface area contributed by atoms with Gasteiger partial charge in [0.15, 0.2) is 0 Å². The highest BCUT2D eigenvalue weighted by Gasteiger charge is 2.24. The molecule has 1 aromatic rings. The highest BCUT2D eigenvalue weighted by atomic mass is 32.1. The van der Waals surface area contributed by atoms with E-state index >= 15 is 0 Å². The van der Waals surface area contributed by atoms with E-state index < -0.39 is 0 Å².